The van der Waals surface area contributed by atoms with Crippen LogP contribution >= 0.6 is 11.6 Å². The van der Waals surface area contributed by atoms with Crippen molar-refractivity contribution < 1.29 is 4.74 Å². The lowest BCUT2D eigenvalue weighted by Crippen LogP contribution is -2.34. The standard InChI is InChI=1S/C11H14ClNO/c1-8-10(14-11(2,12)13-8)9-6-4-3-5-7-9/h3-8,10,13H,1-2H3. The minimum absolute atomic E-state index is 0.0405. The zero-order chi connectivity index (χ0) is 10.2. The van der Waals surface area contributed by atoms with Crippen LogP contribution in [0.2, 0.25) is 0 Å². The molecule has 1 saturated heterocycles. The number of benzene rings is 1. The van der Waals surface area contributed by atoms with Gasteiger partial charge >= 0.3 is 0 Å². The van der Waals surface area contributed by atoms with Crippen molar-refractivity contribution in [1.82, 2.24) is 5.32 Å². The van der Waals surface area contributed by atoms with Gasteiger partial charge in [0.25, 0.3) is 0 Å². The van der Waals surface area contributed by atoms with Gasteiger partial charge in [0.05, 0.1) is 0 Å². The van der Waals surface area contributed by atoms with Crippen LogP contribution in [0.25, 0.3) is 0 Å². The van der Waals surface area contributed by atoms with Crippen LogP contribution in [0.3, 0.4) is 0 Å². The molecule has 1 aliphatic heterocycles. The summed E-state index contributed by atoms with van der Waals surface area (Å²) in [4.78, 5) is 0. The Morgan fingerprint density at radius 1 is 1.36 bits per heavy atom. The highest BCUT2D eigenvalue weighted by atomic mass is 35.5. The predicted molar refractivity (Wildman–Crippen MR) is 57.1 cm³/mol. The van der Waals surface area contributed by atoms with Crippen LogP contribution in [0.5, 0.6) is 0 Å². The van der Waals surface area contributed by atoms with Gasteiger partial charge in [0.2, 0.25) is 0 Å². The molecule has 14 heavy (non-hydrogen) atoms. The van der Waals surface area contributed by atoms with E-state index in [2.05, 4.69) is 24.4 Å². The SMILES string of the molecule is CC1NC(C)(Cl)OC1c1ccccc1. The van der Waals surface area contributed by atoms with E-state index in [4.69, 9.17) is 16.3 Å². The van der Waals surface area contributed by atoms with Gasteiger partial charge in [-0.05, 0) is 19.4 Å². The first kappa shape index (κ1) is 9.97. The van der Waals surface area contributed by atoms with Crippen molar-refractivity contribution in [3.63, 3.8) is 0 Å². The molecular formula is C11H14ClNO. The van der Waals surface area contributed by atoms with Crippen LogP contribution in [-0.2, 0) is 4.74 Å². The fourth-order valence-corrected chi connectivity index (χ4v) is 2.12. The van der Waals surface area contributed by atoms with Crippen LogP contribution in [0.1, 0.15) is 25.5 Å². The van der Waals surface area contributed by atoms with Crippen molar-refractivity contribution in [2.75, 3.05) is 0 Å². The zero-order valence-electron chi connectivity index (χ0n) is 8.33. The molecule has 1 N–H and O–H groups in total. The van der Waals surface area contributed by atoms with Gasteiger partial charge in [-0.1, -0.05) is 41.9 Å². The highest BCUT2D eigenvalue weighted by Gasteiger charge is 2.39. The molecule has 1 heterocycles. The lowest BCUT2D eigenvalue weighted by molar-refractivity contribution is 0.0192. The van der Waals surface area contributed by atoms with E-state index < -0.39 is 5.18 Å². The van der Waals surface area contributed by atoms with Gasteiger partial charge < -0.3 is 4.74 Å². The smallest absolute Gasteiger partial charge is 0.194 e. The third kappa shape index (κ3) is 1.92. The summed E-state index contributed by atoms with van der Waals surface area (Å²) in [6, 6.07) is 10.4. The van der Waals surface area contributed by atoms with Crippen molar-refractivity contribution in [3.05, 3.63) is 35.9 Å². The number of nitrogens with one attached hydrogen (secondary N) is 1. The number of rotatable bonds is 1. The van der Waals surface area contributed by atoms with Crippen LogP contribution in [-0.4, -0.2) is 11.2 Å². The molecular weight excluding hydrogens is 198 g/mol. The fourth-order valence-electron chi connectivity index (χ4n) is 1.86. The van der Waals surface area contributed by atoms with Crippen LogP contribution in [0, 0.1) is 0 Å². The molecule has 0 aromatic heterocycles. The summed E-state index contributed by atoms with van der Waals surface area (Å²) in [6.45, 7) is 3.90. The Morgan fingerprint density at radius 2 is 2.00 bits per heavy atom. The number of hydrogen-bond acceptors (Lipinski definition) is 2. The second-order valence-corrected chi connectivity index (χ2v) is 4.52. The Hall–Kier alpha value is -0.570. The molecule has 3 heteroatoms. The highest BCUT2D eigenvalue weighted by molar-refractivity contribution is 6.22. The van der Waals surface area contributed by atoms with E-state index in [9.17, 15) is 0 Å². The van der Waals surface area contributed by atoms with E-state index in [1.807, 2.05) is 25.1 Å². The first-order valence-corrected chi connectivity index (χ1v) is 5.16. The molecule has 0 saturated carbocycles. The average Bonchev–Trinajstić information content (AvgIpc) is 2.41. The monoisotopic (exact) mass is 211 g/mol. The van der Waals surface area contributed by atoms with Gasteiger partial charge in [0.15, 0.2) is 5.18 Å². The average molecular weight is 212 g/mol. The molecule has 1 aromatic rings. The van der Waals surface area contributed by atoms with Gasteiger partial charge in [-0.2, -0.15) is 0 Å². The Balaban J connectivity index is 2.21. The number of ether oxygens (including phenoxy) is 1. The summed E-state index contributed by atoms with van der Waals surface area (Å²) in [7, 11) is 0. The first-order valence-electron chi connectivity index (χ1n) is 4.78. The molecule has 0 amide bonds. The molecule has 0 bridgehead atoms. The van der Waals surface area contributed by atoms with E-state index in [0.717, 1.165) is 5.56 Å². The third-order valence-electron chi connectivity index (χ3n) is 2.42. The molecule has 1 fully saturated rings. The van der Waals surface area contributed by atoms with Gasteiger partial charge in [-0.25, -0.2) is 0 Å². The topological polar surface area (TPSA) is 21.3 Å². The Bertz CT molecular complexity index is 312. The number of halogens is 1. The molecule has 2 nitrogen and oxygen atoms in total. The molecule has 3 unspecified atom stereocenters. The van der Waals surface area contributed by atoms with E-state index in [0.29, 0.717) is 0 Å². The van der Waals surface area contributed by atoms with E-state index in [-0.39, 0.29) is 12.1 Å². The summed E-state index contributed by atoms with van der Waals surface area (Å²) in [5, 5.41) is 2.45. The van der Waals surface area contributed by atoms with Gasteiger partial charge in [0.1, 0.15) is 6.10 Å². The van der Waals surface area contributed by atoms with E-state index in [1.165, 1.54) is 0 Å². The lowest BCUT2D eigenvalue weighted by Gasteiger charge is -2.16. The van der Waals surface area contributed by atoms with Crippen molar-refractivity contribution in [1.29, 1.82) is 0 Å². The maximum atomic E-state index is 6.07. The van der Waals surface area contributed by atoms with Crippen LogP contribution < -0.4 is 5.32 Å². The second kappa shape index (κ2) is 3.54. The van der Waals surface area contributed by atoms with Crippen molar-refractivity contribution in [2.24, 2.45) is 0 Å². The summed E-state index contributed by atoms with van der Waals surface area (Å²) in [5.74, 6) is 0. The predicted octanol–water partition coefficient (Wildman–Crippen LogP) is 2.65. The first-order chi connectivity index (χ1) is 6.58. The summed E-state index contributed by atoms with van der Waals surface area (Å²) < 4.78 is 5.70. The van der Waals surface area contributed by atoms with E-state index in [1.54, 1.807) is 0 Å². The molecule has 1 aromatic carbocycles. The van der Waals surface area contributed by atoms with Crippen molar-refractivity contribution >= 4 is 11.6 Å². The van der Waals surface area contributed by atoms with Gasteiger partial charge in [0, 0.05) is 6.04 Å². The van der Waals surface area contributed by atoms with Crippen molar-refractivity contribution in [2.45, 2.75) is 31.2 Å². The normalized spacial score (nSPS) is 37.4. The molecule has 3 atom stereocenters. The third-order valence-corrected chi connectivity index (χ3v) is 2.61. The number of hydrogen-bond donors (Lipinski definition) is 1. The Kier molecular flexibility index (Phi) is 2.52. The Labute approximate surface area is 89.2 Å². The quantitative estimate of drug-likeness (QED) is 0.570. The molecule has 76 valence electrons. The van der Waals surface area contributed by atoms with Gasteiger partial charge in [-0.3, -0.25) is 5.32 Å². The Morgan fingerprint density at radius 3 is 2.50 bits per heavy atom. The zero-order valence-corrected chi connectivity index (χ0v) is 9.08. The maximum absolute atomic E-state index is 6.07. The second-order valence-electron chi connectivity index (χ2n) is 3.80. The summed E-state index contributed by atoms with van der Waals surface area (Å²) in [5.41, 5.74) is 1.16. The molecule has 2 rings (SSSR count). The molecule has 1 aliphatic rings. The van der Waals surface area contributed by atoms with Crippen LogP contribution in [0.15, 0.2) is 30.3 Å². The minimum Gasteiger partial charge on any atom is -0.337 e. The minimum atomic E-state index is -0.736. The molecule has 0 aliphatic carbocycles. The van der Waals surface area contributed by atoms with E-state index >= 15 is 0 Å². The highest BCUT2D eigenvalue weighted by Crippen LogP contribution is 2.34. The van der Waals surface area contributed by atoms with Crippen LogP contribution in [0.4, 0.5) is 0 Å². The van der Waals surface area contributed by atoms with Gasteiger partial charge in [-0.15, -0.1) is 0 Å². The number of alkyl halides is 1. The fraction of sp³-hybridized carbons (Fsp3) is 0.455. The maximum Gasteiger partial charge on any atom is 0.194 e. The molecule has 0 spiro atoms. The molecule has 0 radical (unpaired) electrons. The largest absolute Gasteiger partial charge is 0.337 e. The summed E-state index contributed by atoms with van der Waals surface area (Å²) >= 11 is 6.07. The lowest BCUT2D eigenvalue weighted by atomic mass is 10.0. The summed E-state index contributed by atoms with van der Waals surface area (Å²) in [6.07, 6.45) is 0.0405. The van der Waals surface area contributed by atoms with Crippen molar-refractivity contribution in [3.8, 4) is 0 Å².